The Labute approximate surface area is 130 Å². The Morgan fingerprint density at radius 2 is 1.95 bits per heavy atom. The molecule has 4 nitrogen and oxygen atoms in total. The van der Waals surface area contributed by atoms with Crippen LogP contribution in [0.2, 0.25) is 0 Å². The normalized spacial score (nSPS) is 32.3. The number of rotatable bonds is 1. The van der Waals surface area contributed by atoms with Gasteiger partial charge >= 0.3 is 0 Å². The SMILES string of the molecule is Cc1c(C2(O)CC3COCC(C2)N3C)ccc2cccnc12. The Balaban J connectivity index is 1.79. The number of benzene rings is 1. The summed E-state index contributed by atoms with van der Waals surface area (Å²) in [6.45, 7) is 3.49. The number of morpholine rings is 1. The summed E-state index contributed by atoms with van der Waals surface area (Å²) in [6.07, 6.45) is 3.26. The third-order valence-corrected chi connectivity index (χ3v) is 5.45. The number of nitrogens with zero attached hydrogens (tertiary/aromatic N) is 2. The van der Waals surface area contributed by atoms with Crippen molar-refractivity contribution in [1.82, 2.24) is 9.88 Å². The number of ether oxygens (including phenoxy) is 1. The zero-order valence-electron chi connectivity index (χ0n) is 13.1. The molecule has 2 aromatic rings. The largest absolute Gasteiger partial charge is 0.385 e. The fraction of sp³-hybridized carbons (Fsp3) is 0.500. The van der Waals surface area contributed by atoms with Gasteiger partial charge in [0.2, 0.25) is 0 Å². The van der Waals surface area contributed by atoms with Crippen molar-refractivity contribution in [2.45, 2.75) is 37.5 Å². The number of hydrogen-bond donors (Lipinski definition) is 1. The maximum absolute atomic E-state index is 11.4. The van der Waals surface area contributed by atoms with Gasteiger partial charge in [0.1, 0.15) is 0 Å². The minimum absolute atomic E-state index is 0.288. The molecule has 1 aromatic heterocycles. The van der Waals surface area contributed by atoms with Crippen LogP contribution >= 0.6 is 0 Å². The molecule has 2 saturated heterocycles. The van der Waals surface area contributed by atoms with Crippen LogP contribution in [-0.4, -0.2) is 47.3 Å². The number of fused-ring (bicyclic) bond motifs is 3. The van der Waals surface area contributed by atoms with Gasteiger partial charge in [-0.3, -0.25) is 9.88 Å². The molecule has 2 unspecified atom stereocenters. The van der Waals surface area contributed by atoms with Crippen LogP contribution in [0.15, 0.2) is 30.5 Å². The standard InChI is InChI=1S/C18H22N2O2/c1-12-16(6-5-13-4-3-7-19-17(12)13)18(21)8-14-10-22-11-15(9-18)20(14)2/h3-7,14-15,21H,8-11H2,1-2H3. The molecule has 3 heterocycles. The molecule has 22 heavy (non-hydrogen) atoms. The first kappa shape index (κ1) is 14.1. The van der Waals surface area contributed by atoms with Crippen molar-refractivity contribution in [2.75, 3.05) is 20.3 Å². The van der Waals surface area contributed by atoms with Gasteiger partial charge in [0.15, 0.2) is 0 Å². The highest BCUT2D eigenvalue weighted by molar-refractivity contribution is 5.82. The summed E-state index contributed by atoms with van der Waals surface area (Å²) in [7, 11) is 2.15. The van der Waals surface area contributed by atoms with Crippen molar-refractivity contribution in [1.29, 1.82) is 0 Å². The van der Waals surface area contributed by atoms with E-state index < -0.39 is 5.60 Å². The number of likely N-dealkylation sites (N-methyl/N-ethyl adjacent to an activating group) is 1. The minimum atomic E-state index is -0.776. The first-order chi connectivity index (χ1) is 10.6. The summed E-state index contributed by atoms with van der Waals surface area (Å²) in [5.41, 5.74) is 2.35. The molecule has 1 aromatic carbocycles. The van der Waals surface area contributed by atoms with Gasteiger partial charge in [-0.2, -0.15) is 0 Å². The van der Waals surface area contributed by atoms with Crippen LogP contribution in [0.1, 0.15) is 24.0 Å². The summed E-state index contributed by atoms with van der Waals surface area (Å²) in [5, 5.41) is 12.5. The Kier molecular flexibility index (Phi) is 3.22. The van der Waals surface area contributed by atoms with E-state index in [4.69, 9.17) is 4.74 Å². The van der Waals surface area contributed by atoms with Crippen molar-refractivity contribution in [2.24, 2.45) is 0 Å². The fourth-order valence-corrected chi connectivity index (χ4v) is 4.16. The summed E-state index contributed by atoms with van der Waals surface area (Å²) in [5.74, 6) is 0. The van der Waals surface area contributed by atoms with Crippen molar-refractivity contribution >= 4 is 10.9 Å². The highest BCUT2D eigenvalue weighted by Gasteiger charge is 2.46. The minimum Gasteiger partial charge on any atom is -0.385 e. The molecule has 0 amide bonds. The van der Waals surface area contributed by atoms with Crippen molar-refractivity contribution < 1.29 is 9.84 Å². The highest BCUT2D eigenvalue weighted by atomic mass is 16.5. The average molecular weight is 298 g/mol. The summed E-state index contributed by atoms with van der Waals surface area (Å²) in [4.78, 5) is 6.88. The summed E-state index contributed by atoms with van der Waals surface area (Å²) >= 11 is 0. The van der Waals surface area contributed by atoms with Gasteiger partial charge in [0, 0.05) is 23.7 Å². The van der Waals surface area contributed by atoms with E-state index in [2.05, 4.69) is 42.1 Å². The van der Waals surface area contributed by atoms with Gasteiger partial charge < -0.3 is 9.84 Å². The number of piperidine rings is 1. The lowest BCUT2D eigenvalue weighted by Crippen LogP contribution is -2.59. The second-order valence-corrected chi connectivity index (χ2v) is 6.76. The maximum atomic E-state index is 11.4. The van der Waals surface area contributed by atoms with E-state index in [0.717, 1.165) is 34.9 Å². The van der Waals surface area contributed by atoms with E-state index in [1.807, 2.05) is 12.3 Å². The van der Waals surface area contributed by atoms with Crippen molar-refractivity contribution in [3.63, 3.8) is 0 Å². The van der Waals surface area contributed by atoms with Crippen LogP contribution in [0.5, 0.6) is 0 Å². The molecule has 0 aliphatic carbocycles. The van der Waals surface area contributed by atoms with Crippen LogP contribution in [0, 0.1) is 6.92 Å². The molecule has 116 valence electrons. The second-order valence-electron chi connectivity index (χ2n) is 6.76. The number of hydrogen-bond acceptors (Lipinski definition) is 4. The molecular weight excluding hydrogens is 276 g/mol. The number of pyridine rings is 1. The molecular formula is C18H22N2O2. The molecule has 4 rings (SSSR count). The molecule has 0 saturated carbocycles. The lowest BCUT2D eigenvalue weighted by Gasteiger charge is -2.50. The number of aryl methyl sites for hydroxylation is 1. The summed E-state index contributed by atoms with van der Waals surface area (Å²) in [6, 6.07) is 8.76. The van der Waals surface area contributed by atoms with E-state index in [1.165, 1.54) is 0 Å². The Morgan fingerprint density at radius 1 is 1.23 bits per heavy atom. The van der Waals surface area contributed by atoms with Crippen molar-refractivity contribution in [3.8, 4) is 0 Å². The van der Waals surface area contributed by atoms with E-state index in [9.17, 15) is 5.11 Å². The van der Waals surface area contributed by atoms with Gasteiger partial charge in [0.25, 0.3) is 0 Å². The van der Waals surface area contributed by atoms with Crippen LogP contribution in [0.3, 0.4) is 0 Å². The number of aromatic nitrogens is 1. The lowest BCUT2D eigenvalue weighted by molar-refractivity contribution is -0.137. The summed E-state index contributed by atoms with van der Waals surface area (Å²) < 4.78 is 5.67. The molecule has 2 atom stereocenters. The predicted molar refractivity (Wildman–Crippen MR) is 85.8 cm³/mol. The third-order valence-electron chi connectivity index (χ3n) is 5.45. The average Bonchev–Trinajstić information content (AvgIpc) is 2.50. The molecule has 0 spiro atoms. The van der Waals surface area contributed by atoms with E-state index in [1.54, 1.807) is 0 Å². The van der Waals surface area contributed by atoms with Crippen molar-refractivity contribution in [3.05, 3.63) is 41.6 Å². The van der Waals surface area contributed by atoms with Gasteiger partial charge in [-0.15, -0.1) is 0 Å². The smallest absolute Gasteiger partial charge is 0.0931 e. The first-order valence-electron chi connectivity index (χ1n) is 7.95. The molecule has 2 bridgehead atoms. The molecule has 0 radical (unpaired) electrons. The second kappa shape index (κ2) is 5.01. The van der Waals surface area contributed by atoms with Crippen LogP contribution in [0.4, 0.5) is 0 Å². The zero-order valence-corrected chi connectivity index (χ0v) is 13.1. The van der Waals surface area contributed by atoms with E-state index in [0.29, 0.717) is 13.2 Å². The fourth-order valence-electron chi connectivity index (χ4n) is 4.16. The quantitative estimate of drug-likeness (QED) is 0.877. The maximum Gasteiger partial charge on any atom is 0.0931 e. The molecule has 2 fully saturated rings. The third kappa shape index (κ3) is 2.06. The Hall–Kier alpha value is -1.49. The molecule has 1 N–H and O–H groups in total. The topological polar surface area (TPSA) is 45.6 Å². The van der Waals surface area contributed by atoms with Gasteiger partial charge in [-0.25, -0.2) is 0 Å². The monoisotopic (exact) mass is 298 g/mol. The van der Waals surface area contributed by atoms with Crippen LogP contribution in [0.25, 0.3) is 10.9 Å². The molecule has 4 heteroatoms. The Morgan fingerprint density at radius 3 is 2.68 bits per heavy atom. The number of aliphatic hydroxyl groups is 1. The molecule has 2 aliphatic rings. The zero-order chi connectivity index (χ0) is 15.3. The lowest BCUT2D eigenvalue weighted by atomic mass is 9.75. The van der Waals surface area contributed by atoms with Crippen LogP contribution < -0.4 is 0 Å². The van der Waals surface area contributed by atoms with Gasteiger partial charge in [0.05, 0.1) is 24.3 Å². The molecule has 2 aliphatic heterocycles. The highest BCUT2D eigenvalue weighted by Crippen LogP contribution is 2.42. The van der Waals surface area contributed by atoms with Gasteiger partial charge in [-0.1, -0.05) is 18.2 Å². The van der Waals surface area contributed by atoms with E-state index in [-0.39, 0.29) is 12.1 Å². The van der Waals surface area contributed by atoms with E-state index >= 15 is 0 Å². The van der Waals surface area contributed by atoms with Gasteiger partial charge in [-0.05, 0) is 44.0 Å². The predicted octanol–water partition coefficient (Wildman–Crippen LogP) is 2.22. The first-order valence-corrected chi connectivity index (χ1v) is 7.95. The Bertz CT molecular complexity index is 701. The van der Waals surface area contributed by atoms with Crippen LogP contribution in [-0.2, 0) is 10.3 Å².